The fraction of sp³-hybridized carbons (Fsp3) is 0.647. The Bertz CT molecular complexity index is 460. The van der Waals surface area contributed by atoms with E-state index in [0.717, 1.165) is 12.1 Å². The number of aryl methyl sites for hydroxylation is 1. The van der Waals surface area contributed by atoms with Gasteiger partial charge in [-0.2, -0.15) is 0 Å². The fourth-order valence-electron chi connectivity index (χ4n) is 2.50. The van der Waals surface area contributed by atoms with Crippen molar-refractivity contribution >= 4 is 5.69 Å². The third-order valence-electron chi connectivity index (χ3n) is 4.19. The summed E-state index contributed by atoms with van der Waals surface area (Å²) >= 11 is 0. The van der Waals surface area contributed by atoms with Gasteiger partial charge in [0.1, 0.15) is 0 Å². The van der Waals surface area contributed by atoms with Gasteiger partial charge in [0, 0.05) is 17.7 Å². The van der Waals surface area contributed by atoms with E-state index in [1.54, 1.807) is 13.0 Å². The Kier molecular flexibility index (Phi) is 7.37. The van der Waals surface area contributed by atoms with E-state index < -0.39 is 0 Å². The zero-order chi connectivity index (χ0) is 15.8. The van der Waals surface area contributed by atoms with Gasteiger partial charge in [0.15, 0.2) is 0 Å². The molecule has 4 nitrogen and oxygen atoms in total. The average molecular weight is 292 g/mol. The standard InChI is InChI=1S/C17H28N2O2/c1-5-7-8-15(6-2)12-18-14(4)16-10-9-13(3)17(11-16)19(20)21/h9-11,14-15,18H,5-8,12H2,1-4H3. The van der Waals surface area contributed by atoms with Crippen molar-refractivity contribution in [3.63, 3.8) is 0 Å². The lowest BCUT2D eigenvalue weighted by Gasteiger charge is -2.20. The van der Waals surface area contributed by atoms with Gasteiger partial charge >= 0.3 is 0 Å². The predicted molar refractivity (Wildman–Crippen MR) is 87.6 cm³/mol. The van der Waals surface area contributed by atoms with Crippen LogP contribution in [-0.4, -0.2) is 11.5 Å². The lowest BCUT2D eigenvalue weighted by atomic mass is 9.98. The highest BCUT2D eigenvalue weighted by molar-refractivity contribution is 5.43. The summed E-state index contributed by atoms with van der Waals surface area (Å²) in [6.07, 6.45) is 4.93. The topological polar surface area (TPSA) is 55.2 Å². The molecule has 1 aromatic rings. The molecule has 0 amide bonds. The number of rotatable bonds is 9. The van der Waals surface area contributed by atoms with Gasteiger partial charge in [-0.05, 0) is 38.3 Å². The maximum atomic E-state index is 11.0. The first kappa shape index (κ1) is 17.6. The van der Waals surface area contributed by atoms with Gasteiger partial charge in [-0.3, -0.25) is 10.1 Å². The summed E-state index contributed by atoms with van der Waals surface area (Å²) in [5.74, 6) is 0.688. The molecule has 0 radical (unpaired) electrons. The lowest BCUT2D eigenvalue weighted by Crippen LogP contribution is -2.25. The van der Waals surface area contributed by atoms with Gasteiger partial charge in [0.25, 0.3) is 5.69 Å². The molecule has 2 atom stereocenters. The number of unbranched alkanes of at least 4 members (excludes halogenated alkanes) is 1. The van der Waals surface area contributed by atoms with Crippen molar-refractivity contribution in [3.8, 4) is 0 Å². The normalized spacial score (nSPS) is 13.9. The van der Waals surface area contributed by atoms with Gasteiger partial charge < -0.3 is 5.32 Å². The summed E-state index contributed by atoms with van der Waals surface area (Å²) in [7, 11) is 0. The van der Waals surface area contributed by atoms with Crippen molar-refractivity contribution in [1.82, 2.24) is 5.32 Å². The minimum Gasteiger partial charge on any atom is -0.310 e. The van der Waals surface area contributed by atoms with Crippen LogP contribution in [0.3, 0.4) is 0 Å². The Labute approximate surface area is 128 Å². The van der Waals surface area contributed by atoms with Gasteiger partial charge in [-0.1, -0.05) is 45.2 Å². The molecule has 0 aromatic heterocycles. The van der Waals surface area contributed by atoms with Crippen molar-refractivity contribution in [1.29, 1.82) is 0 Å². The first-order chi connectivity index (χ1) is 9.99. The maximum absolute atomic E-state index is 11.0. The number of nitrogens with one attached hydrogen (secondary N) is 1. The zero-order valence-electron chi connectivity index (χ0n) is 13.7. The van der Waals surface area contributed by atoms with Crippen molar-refractivity contribution in [2.24, 2.45) is 5.92 Å². The van der Waals surface area contributed by atoms with Crippen LogP contribution in [0.2, 0.25) is 0 Å². The number of nitrogens with zero attached hydrogens (tertiary/aromatic N) is 1. The second kappa shape index (κ2) is 8.78. The molecular formula is C17H28N2O2. The van der Waals surface area contributed by atoms with Crippen molar-refractivity contribution in [2.45, 2.75) is 59.4 Å². The highest BCUT2D eigenvalue weighted by Crippen LogP contribution is 2.23. The molecule has 1 rings (SSSR count). The van der Waals surface area contributed by atoms with E-state index in [9.17, 15) is 10.1 Å². The van der Waals surface area contributed by atoms with Crippen LogP contribution in [0.25, 0.3) is 0 Å². The first-order valence-electron chi connectivity index (χ1n) is 7.97. The number of nitro benzene ring substituents is 1. The Balaban J connectivity index is 2.64. The van der Waals surface area contributed by atoms with Crippen LogP contribution in [0, 0.1) is 23.0 Å². The lowest BCUT2D eigenvalue weighted by molar-refractivity contribution is -0.385. The quantitative estimate of drug-likeness (QED) is 0.527. The molecule has 118 valence electrons. The Morgan fingerprint density at radius 2 is 2.05 bits per heavy atom. The van der Waals surface area contributed by atoms with E-state index in [1.807, 2.05) is 12.1 Å². The molecule has 0 aliphatic rings. The van der Waals surface area contributed by atoms with E-state index in [4.69, 9.17) is 0 Å². The van der Waals surface area contributed by atoms with Crippen molar-refractivity contribution in [3.05, 3.63) is 39.4 Å². The highest BCUT2D eigenvalue weighted by atomic mass is 16.6. The number of benzene rings is 1. The Hall–Kier alpha value is -1.42. The van der Waals surface area contributed by atoms with Crippen LogP contribution < -0.4 is 5.32 Å². The van der Waals surface area contributed by atoms with E-state index in [2.05, 4.69) is 26.1 Å². The van der Waals surface area contributed by atoms with E-state index in [-0.39, 0.29) is 16.7 Å². The molecule has 0 heterocycles. The third kappa shape index (κ3) is 5.46. The monoisotopic (exact) mass is 292 g/mol. The third-order valence-corrected chi connectivity index (χ3v) is 4.19. The highest BCUT2D eigenvalue weighted by Gasteiger charge is 2.15. The molecular weight excluding hydrogens is 264 g/mol. The van der Waals surface area contributed by atoms with E-state index >= 15 is 0 Å². The minimum atomic E-state index is -0.304. The van der Waals surface area contributed by atoms with Crippen LogP contribution in [0.4, 0.5) is 5.69 Å². The summed E-state index contributed by atoms with van der Waals surface area (Å²) in [5.41, 5.74) is 1.90. The molecule has 0 aliphatic heterocycles. The SMILES string of the molecule is CCCCC(CC)CNC(C)c1ccc(C)c([N+](=O)[O-])c1. The number of hydrogen-bond donors (Lipinski definition) is 1. The van der Waals surface area contributed by atoms with Crippen LogP contribution in [0.1, 0.15) is 63.6 Å². The van der Waals surface area contributed by atoms with Crippen LogP contribution >= 0.6 is 0 Å². The molecule has 1 aromatic carbocycles. The molecule has 0 fully saturated rings. The molecule has 4 heteroatoms. The summed E-state index contributed by atoms with van der Waals surface area (Å²) in [5, 5.41) is 14.5. The summed E-state index contributed by atoms with van der Waals surface area (Å²) in [4.78, 5) is 10.7. The van der Waals surface area contributed by atoms with Gasteiger partial charge in [-0.25, -0.2) is 0 Å². The molecule has 0 spiro atoms. The zero-order valence-corrected chi connectivity index (χ0v) is 13.7. The van der Waals surface area contributed by atoms with Crippen molar-refractivity contribution in [2.75, 3.05) is 6.54 Å². The number of nitro groups is 1. The fourth-order valence-corrected chi connectivity index (χ4v) is 2.50. The first-order valence-corrected chi connectivity index (χ1v) is 7.97. The molecule has 0 saturated heterocycles. The van der Waals surface area contributed by atoms with Crippen molar-refractivity contribution < 1.29 is 4.92 Å². The smallest absolute Gasteiger partial charge is 0.272 e. The molecule has 1 N–H and O–H groups in total. The summed E-state index contributed by atoms with van der Waals surface area (Å²) < 4.78 is 0. The van der Waals surface area contributed by atoms with Gasteiger partial charge in [0.2, 0.25) is 0 Å². The second-order valence-corrected chi connectivity index (χ2v) is 5.85. The summed E-state index contributed by atoms with van der Waals surface area (Å²) in [6, 6.07) is 5.65. The van der Waals surface area contributed by atoms with Gasteiger partial charge in [-0.15, -0.1) is 0 Å². The number of hydrogen-bond acceptors (Lipinski definition) is 3. The molecule has 2 unspecified atom stereocenters. The maximum Gasteiger partial charge on any atom is 0.272 e. The molecule has 0 saturated carbocycles. The van der Waals surface area contributed by atoms with E-state index in [1.165, 1.54) is 25.7 Å². The second-order valence-electron chi connectivity index (χ2n) is 5.85. The molecule has 21 heavy (non-hydrogen) atoms. The van der Waals surface area contributed by atoms with Crippen LogP contribution in [0.5, 0.6) is 0 Å². The molecule has 0 aliphatic carbocycles. The van der Waals surface area contributed by atoms with Gasteiger partial charge in [0.05, 0.1) is 4.92 Å². The van der Waals surface area contributed by atoms with Crippen LogP contribution in [0.15, 0.2) is 18.2 Å². The minimum absolute atomic E-state index is 0.139. The molecule has 0 bridgehead atoms. The largest absolute Gasteiger partial charge is 0.310 e. The van der Waals surface area contributed by atoms with Crippen LogP contribution in [-0.2, 0) is 0 Å². The average Bonchev–Trinajstić information content (AvgIpc) is 2.47. The summed E-state index contributed by atoms with van der Waals surface area (Å²) in [6.45, 7) is 9.26. The Morgan fingerprint density at radius 1 is 1.33 bits per heavy atom. The van der Waals surface area contributed by atoms with E-state index in [0.29, 0.717) is 11.5 Å². The predicted octanol–water partition coefficient (Wildman–Crippen LogP) is 4.77. The Morgan fingerprint density at radius 3 is 2.62 bits per heavy atom.